The molecule has 0 spiro atoms. The Morgan fingerprint density at radius 2 is 2.00 bits per heavy atom. The van der Waals surface area contributed by atoms with Crippen LogP contribution in [0.1, 0.15) is 11.1 Å². The number of hydrogen-bond donors (Lipinski definition) is 0. The number of nitrogens with zero attached hydrogens (tertiary/aromatic N) is 2. The molecule has 0 bridgehead atoms. The van der Waals surface area contributed by atoms with Gasteiger partial charge < -0.3 is 9.64 Å². The van der Waals surface area contributed by atoms with Crippen LogP contribution in [-0.2, 0) is 4.74 Å². The highest BCUT2D eigenvalue weighted by atomic mass is 35.5. The second-order valence-corrected chi connectivity index (χ2v) is 6.20. The van der Waals surface area contributed by atoms with Crippen LogP contribution in [0.5, 0.6) is 0 Å². The first-order valence-electron chi connectivity index (χ1n) is 6.71. The van der Waals surface area contributed by atoms with E-state index in [0.717, 1.165) is 58.8 Å². The van der Waals surface area contributed by atoms with Gasteiger partial charge in [0.15, 0.2) is 5.13 Å². The summed E-state index contributed by atoms with van der Waals surface area (Å²) in [6, 6.07) is 4.16. The van der Waals surface area contributed by atoms with Crippen LogP contribution in [0.25, 0.3) is 11.3 Å². The zero-order valence-electron chi connectivity index (χ0n) is 11.6. The highest BCUT2D eigenvalue weighted by molar-refractivity contribution is 7.14. The number of aryl methyl sites for hydroxylation is 1. The first kappa shape index (κ1) is 13.9. The zero-order valence-corrected chi connectivity index (χ0v) is 13.2. The Morgan fingerprint density at radius 1 is 1.25 bits per heavy atom. The zero-order chi connectivity index (χ0) is 14.1. The molecular formula is C15H17ClN2OS. The standard InChI is InChI=1S/C15H17ClN2OS/c1-10-3-4-12(11(2)14(10)16)13-9-20-15(17-13)18-5-7-19-8-6-18/h3-4,9H,5-8H2,1-2H3. The highest BCUT2D eigenvalue weighted by Crippen LogP contribution is 2.33. The molecule has 0 radical (unpaired) electrons. The van der Waals surface area contributed by atoms with Gasteiger partial charge in [0.25, 0.3) is 0 Å². The van der Waals surface area contributed by atoms with Gasteiger partial charge in [-0.1, -0.05) is 23.7 Å². The van der Waals surface area contributed by atoms with Gasteiger partial charge >= 0.3 is 0 Å². The van der Waals surface area contributed by atoms with Crippen LogP contribution in [0.4, 0.5) is 5.13 Å². The summed E-state index contributed by atoms with van der Waals surface area (Å²) in [6.45, 7) is 7.48. The monoisotopic (exact) mass is 308 g/mol. The van der Waals surface area contributed by atoms with Crippen molar-refractivity contribution in [2.24, 2.45) is 0 Å². The predicted molar refractivity (Wildman–Crippen MR) is 85.1 cm³/mol. The molecule has 0 aliphatic carbocycles. The molecule has 1 aliphatic rings. The Hall–Kier alpha value is -1.10. The maximum absolute atomic E-state index is 6.34. The van der Waals surface area contributed by atoms with Gasteiger partial charge in [-0.25, -0.2) is 4.98 Å². The minimum atomic E-state index is 0.782. The van der Waals surface area contributed by atoms with Crippen molar-refractivity contribution in [3.05, 3.63) is 33.7 Å². The molecule has 5 heteroatoms. The van der Waals surface area contributed by atoms with E-state index in [4.69, 9.17) is 21.3 Å². The smallest absolute Gasteiger partial charge is 0.186 e. The molecular weight excluding hydrogens is 292 g/mol. The van der Waals surface area contributed by atoms with E-state index in [1.54, 1.807) is 11.3 Å². The van der Waals surface area contributed by atoms with Crippen molar-refractivity contribution in [1.29, 1.82) is 0 Å². The summed E-state index contributed by atoms with van der Waals surface area (Å²) in [6.07, 6.45) is 0. The van der Waals surface area contributed by atoms with Crippen LogP contribution in [0.15, 0.2) is 17.5 Å². The van der Waals surface area contributed by atoms with E-state index >= 15 is 0 Å². The fourth-order valence-corrected chi connectivity index (χ4v) is 3.43. The van der Waals surface area contributed by atoms with Gasteiger partial charge in [0.05, 0.1) is 18.9 Å². The minimum Gasteiger partial charge on any atom is -0.378 e. The molecule has 0 atom stereocenters. The van der Waals surface area contributed by atoms with Crippen molar-refractivity contribution in [1.82, 2.24) is 4.98 Å². The SMILES string of the molecule is Cc1ccc(-c2csc(N3CCOCC3)n2)c(C)c1Cl. The molecule has 106 valence electrons. The summed E-state index contributed by atoms with van der Waals surface area (Å²) in [7, 11) is 0. The average Bonchev–Trinajstić information content (AvgIpc) is 2.95. The number of thiazole rings is 1. The molecule has 2 aromatic rings. The van der Waals surface area contributed by atoms with Gasteiger partial charge in [-0.2, -0.15) is 0 Å². The Bertz CT molecular complexity index is 620. The van der Waals surface area contributed by atoms with Crippen molar-refractivity contribution >= 4 is 28.1 Å². The molecule has 1 saturated heterocycles. The Kier molecular flexibility index (Phi) is 3.96. The van der Waals surface area contributed by atoms with Gasteiger partial charge in [0.2, 0.25) is 0 Å². The third-order valence-corrected chi connectivity index (χ3v) is 5.11. The second-order valence-electron chi connectivity index (χ2n) is 4.98. The van der Waals surface area contributed by atoms with E-state index in [0.29, 0.717) is 0 Å². The lowest BCUT2D eigenvalue weighted by Gasteiger charge is -2.26. The van der Waals surface area contributed by atoms with Gasteiger partial charge in [-0.15, -0.1) is 11.3 Å². The molecule has 20 heavy (non-hydrogen) atoms. The third kappa shape index (κ3) is 2.55. The van der Waals surface area contributed by atoms with Crippen LogP contribution in [-0.4, -0.2) is 31.3 Å². The largest absolute Gasteiger partial charge is 0.378 e. The van der Waals surface area contributed by atoms with E-state index in [2.05, 4.69) is 29.3 Å². The molecule has 1 fully saturated rings. The lowest BCUT2D eigenvalue weighted by atomic mass is 10.0. The van der Waals surface area contributed by atoms with Crippen LogP contribution < -0.4 is 4.90 Å². The van der Waals surface area contributed by atoms with E-state index in [9.17, 15) is 0 Å². The molecule has 0 unspecified atom stereocenters. The summed E-state index contributed by atoms with van der Waals surface area (Å²) in [5, 5.41) is 4.02. The number of morpholine rings is 1. The number of rotatable bonds is 2. The summed E-state index contributed by atoms with van der Waals surface area (Å²) < 4.78 is 5.38. The molecule has 1 aromatic heterocycles. The van der Waals surface area contributed by atoms with E-state index < -0.39 is 0 Å². The van der Waals surface area contributed by atoms with Crippen molar-refractivity contribution in [2.45, 2.75) is 13.8 Å². The average molecular weight is 309 g/mol. The van der Waals surface area contributed by atoms with Crippen molar-refractivity contribution in [3.8, 4) is 11.3 Å². The molecule has 1 aromatic carbocycles. The molecule has 3 nitrogen and oxygen atoms in total. The fraction of sp³-hybridized carbons (Fsp3) is 0.400. The topological polar surface area (TPSA) is 25.4 Å². The van der Waals surface area contributed by atoms with Crippen LogP contribution >= 0.6 is 22.9 Å². The second kappa shape index (κ2) is 5.72. The van der Waals surface area contributed by atoms with Crippen molar-refractivity contribution < 1.29 is 4.74 Å². The Labute approximate surface area is 128 Å². The van der Waals surface area contributed by atoms with Crippen LogP contribution in [0.3, 0.4) is 0 Å². The van der Waals surface area contributed by atoms with Gasteiger partial charge in [-0.05, 0) is 25.0 Å². The van der Waals surface area contributed by atoms with Crippen molar-refractivity contribution in [2.75, 3.05) is 31.2 Å². The molecule has 3 rings (SSSR count). The molecule has 1 aliphatic heterocycles. The maximum Gasteiger partial charge on any atom is 0.186 e. The highest BCUT2D eigenvalue weighted by Gasteiger charge is 2.16. The number of anilines is 1. The molecule has 2 heterocycles. The van der Waals surface area contributed by atoms with E-state index in [1.807, 2.05) is 6.92 Å². The minimum absolute atomic E-state index is 0.782. The fourth-order valence-electron chi connectivity index (χ4n) is 2.39. The normalized spacial score (nSPS) is 15.7. The number of halogens is 1. The Morgan fingerprint density at radius 3 is 2.75 bits per heavy atom. The number of aromatic nitrogens is 1. The number of benzene rings is 1. The lowest BCUT2D eigenvalue weighted by Crippen LogP contribution is -2.36. The molecule has 0 N–H and O–H groups in total. The first-order chi connectivity index (χ1) is 9.66. The molecule has 0 amide bonds. The molecule has 0 saturated carbocycles. The summed E-state index contributed by atoms with van der Waals surface area (Å²) in [4.78, 5) is 7.05. The van der Waals surface area contributed by atoms with E-state index in [1.165, 1.54) is 0 Å². The maximum atomic E-state index is 6.34. The predicted octanol–water partition coefficient (Wildman–Crippen LogP) is 3.92. The first-order valence-corrected chi connectivity index (χ1v) is 7.97. The van der Waals surface area contributed by atoms with Gasteiger partial charge in [0, 0.05) is 29.1 Å². The third-order valence-electron chi connectivity index (χ3n) is 3.63. The lowest BCUT2D eigenvalue weighted by molar-refractivity contribution is 0.122. The van der Waals surface area contributed by atoms with E-state index in [-0.39, 0.29) is 0 Å². The quantitative estimate of drug-likeness (QED) is 0.841. The van der Waals surface area contributed by atoms with Gasteiger partial charge in [0.1, 0.15) is 0 Å². The summed E-state index contributed by atoms with van der Waals surface area (Å²) >= 11 is 8.02. The summed E-state index contributed by atoms with van der Waals surface area (Å²) in [5.41, 5.74) is 4.34. The Balaban J connectivity index is 1.92. The van der Waals surface area contributed by atoms with Gasteiger partial charge in [-0.3, -0.25) is 0 Å². The van der Waals surface area contributed by atoms with Crippen LogP contribution in [0, 0.1) is 13.8 Å². The van der Waals surface area contributed by atoms with Crippen molar-refractivity contribution in [3.63, 3.8) is 0 Å². The van der Waals surface area contributed by atoms with Crippen LogP contribution in [0.2, 0.25) is 5.02 Å². The number of hydrogen-bond acceptors (Lipinski definition) is 4. The summed E-state index contributed by atoms with van der Waals surface area (Å²) in [5.74, 6) is 0. The number of ether oxygens (including phenoxy) is 1.